The Hall–Kier alpha value is -1.62. The molecule has 0 radical (unpaired) electrons. The predicted molar refractivity (Wildman–Crippen MR) is 114 cm³/mol. The van der Waals surface area contributed by atoms with Gasteiger partial charge in [0.15, 0.2) is 0 Å². The van der Waals surface area contributed by atoms with Gasteiger partial charge in [0, 0.05) is 5.56 Å². The zero-order valence-electron chi connectivity index (χ0n) is 16.8. The predicted octanol–water partition coefficient (Wildman–Crippen LogP) is 6.56. The summed E-state index contributed by atoms with van der Waals surface area (Å²) in [7, 11) is 0. The molecule has 2 rings (SSSR count). The lowest BCUT2D eigenvalue weighted by molar-refractivity contribution is 0.304. The van der Waals surface area contributed by atoms with Gasteiger partial charge >= 0.3 is 0 Å². The van der Waals surface area contributed by atoms with Crippen molar-refractivity contribution >= 4 is 11.8 Å². The molecule has 0 aliphatic carbocycles. The molecule has 1 heterocycles. The third-order valence-electron chi connectivity index (χ3n) is 4.64. The van der Waals surface area contributed by atoms with Crippen LogP contribution in [0, 0.1) is 0 Å². The molecular weight excluding hydrogens is 354 g/mol. The van der Waals surface area contributed by atoms with E-state index in [-0.39, 0.29) is 0 Å². The summed E-state index contributed by atoms with van der Waals surface area (Å²) < 4.78 is 5.86. The smallest absolute Gasteiger partial charge is 0.209 e. The minimum atomic E-state index is 0.689. The van der Waals surface area contributed by atoms with Crippen molar-refractivity contribution in [2.45, 2.75) is 76.3 Å². The van der Waals surface area contributed by atoms with E-state index in [1.165, 1.54) is 69.5 Å². The van der Waals surface area contributed by atoms with E-state index in [1.807, 2.05) is 30.5 Å². The summed E-state index contributed by atoms with van der Waals surface area (Å²) in [5.74, 6) is 0.918. The summed E-state index contributed by atoms with van der Waals surface area (Å²) in [6, 6.07) is 8.07. The summed E-state index contributed by atoms with van der Waals surface area (Å²) in [5.41, 5.74) is 1.88. The van der Waals surface area contributed by atoms with Crippen molar-refractivity contribution in [1.29, 1.82) is 0 Å². The molecular formula is C22H33N3OS. The molecule has 0 unspecified atom stereocenters. The Balaban J connectivity index is 1.58. The number of thioether (sulfide) groups is 1. The van der Waals surface area contributed by atoms with Crippen LogP contribution in [0.2, 0.25) is 0 Å². The molecule has 4 nitrogen and oxygen atoms in total. The Morgan fingerprint density at radius 3 is 2.11 bits per heavy atom. The van der Waals surface area contributed by atoms with Gasteiger partial charge < -0.3 is 4.74 Å². The zero-order chi connectivity index (χ0) is 19.2. The lowest BCUT2D eigenvalue weighted by atomic mass is 10.1. The summed E-state index contributed by atoms with van der Waals surface area (Å²) in [6.45, 7) is 3.06. The molecule has 2 aromatic rings. The fraction of sp³-hybridized carbons (Fsp3) is 0.591. The van der Waals surface area contributed by atoms with Crippen LogP contribution < -0.4 is 4.74 Å². The molecule has 148 valence electrons. The number of unbranched alkanes of at least 4 members (excludes halogenated alkanes) is 9. The maximum absolute atomic E-state index is 5.86. The lowest BCUT2D eigenvalue weighted by Crippen LogP contribution is -1.97. The van der Waals surface area contributed by atoms with Gasteiger partial charge in [0.25, 0.3) is 0 Å². The minimum absolute atomic E-state index is 0.689. The Morgan fingerprint density at radius 1 is 0.852 bits per heavy atom. The highest BCUT2D eigenvalue weighted by atomic mass is 32.2. The van der Waals surface area contributed by atoms with Crippen LogP contribution in [0.25, 0.3) is 11.3 Å². The van der Waals surface area contributed by atoms with E-state index in [9.17, 15) is 0 Å². The number of aromatic nitrogens is 3. The number of hydrogen-bond donors (Lipinski definition) is 0. The van der Waals surface area contributed by atoms with Gasteiger partial charge in [0.05, 0.1) is 18.5 Å². The van der Waals surface area contributed by atoms with Gasteiger partial charge in [-0.3, -0.25) is 0 Å². The van der Waals surface area contributed by atoms with E-state index >= 15 is 0 Å². The van der Waals surface area contributed by atoms with Gasteiger partial charge in [0.1, 0.15) is 5.75 Å². The number of benzene rings is 1. The summed E-state index contributed by atoms with van der Waals surface area (Å²) in [4.78, 5) is 4.47. The average molecular weight is 388 g/mol. The van der Waals surface area contributed by atoms with Crippen molar-refractivity contribution in [2.24, 2.45) is 0 Å². The van der Waals surface area contributed by atoms with Crippen LogP contribution in [0.5, 0.6) is 5.75 Å². The van der Waals surface area contributed by atoms with Crippen LogP contribution in [0.4, 0.5) is 0 Å². The van der Waals surface area contributed by atoms with E-state index in [0.29, 0.717) is 5.16 Å². The van der Waals surface area contributed by atoms with Gasteiger partial charge in [-0.15, -0.1) is 5.10 Å². The Morgan fingerprint density at radius 2 is 1.48 bits per heavy atom. The first kappa shape index (κ1) is 21.7. The quantitative estimate of drug-likeness (QED) is 0.271. The van der Waals surface area contributed by atoms with Crippen LogP contribution >= 0.6 is 11.8 Å². The molecule has 0 aliphatic rings. The Labute approximate surface area is 168 Å². The van der Waals surface area contributed by atoms with E-state index in [2.05, 4.69) is 22.1 Å². The Bertz CT molecular complexity index is 634. The molecule has 5 heteroatoms. The molecule has 0 bridgehead atoms. The van der Waals surface area contributed by atoms with Crippen LogP contribution in [0.1, 0.15) is 71.1 Å². The summed E-state index contributed by atoms with van der Waals surface area (Å²) in [5, 5.41) is 8.66. The molecule has 27 heavy (non-hydrogen) atoms. The van der Waals surface area contributed by atoms with E-state index in [4.69, 9.17) is 4.74 Å². The van der Waals surface area contributed by atoms with Crippen molar-refractivity contribution in [3.05, 3.63) is 30.5 Å². The summed E-state index contributed by atoms with van der Waals surface area (Å²) >= 11 is 1.50. The van der Waals surface area contributed by atoms with E-state index < -0.39 is 0 Å². The molecule has 0 saturated carbocycles. The highest BCUT2D eigenvalue weighted by Crippen LogP contribution is 2.21. The molecule has 0 fully saturated rings. The second-order valence-electron chi connectivity index (χ2n) is 6.88. The third kappa shape index (κ3) is 8.74. The first-order chi connectivity index (χ1) is 13.3. The third-order valence-corrected chi connectivity index (χ3v) is 5.18. The first-order valence-corrected chi connectivity index (χ1v) is 11.5. The van der Waals surface area contributed by atoms with E-state index in [0.717, 1.165) is 30.0 Å². The largest absolute Gasteiger partial charge is 0.494 e. The standard InChI is InChI=1S/C22H33N3OS/c1-3-4-5-6-7-8-9-10-11-12-17-26-20-15-13-19(14-16-20)21-18-23-25-22(24-21)27-2/h13-16,18H,3-12,17H2,1-2H3. The molecule has 0 amide bonds. The van der Waals surface area contributed by atoms with Crippen molar-refractivity contribution in [3.8, 4) is 17.0 Å². The zero-order valence-corrected chi connectivity index (χ0v) is 17.6. The molecule has 0 atom stereocenters. The maximum Gasteiger partial charge on any atom is 0.209 e. The molecule has 0 N–H and O–H groups in total. The SMILES string of the molecule is CCCCCCCCCCCCOc1ccc(-c2cnnc(SC)n2)cc1. The average Bonchev–Trinajstić information content (AvgIpc) is 2.72. The molecule has 0 aliphatic heterocycles. The monoisotopic (exact) mass is 387 g/mol. The molecule has 1 aromatic carbocycles. The number of hydrogen-bond acceptors (Lipinski definition) is 5. The van der Waals surface area contributed by atoms with Crippen LogP contribution in [0.15, 0.2) is 35.6 Å². The second kappa shape index (κ2) is 13.5. The molecule has 0 saturated heterocycles. The van der Waals surface area contributed by atoms with E-state index in [1.54, 1.807) is 6.20 Å². The number of nitrogens with zero attached hydrogens (tertiary/aromatic N) is 3. The first-order valence-electron chi connectivity index (χ1n) is 10.3. The van der Waals surface area contributed by atoms with Crippen LogP contribution in [-0.2, 0) is 0 Å². The van der Waals surface area contributed by atoms with Crippen molar-refractivity contribution in [2.75, 3.05) is 12.9 Å². The highest BCUT2D eigenvalue weighted by molar-refractivity contribution is 7.98. The van der Waals surface area contributed by atoms with Crippen LogP contribution in [-0.4, -0.2) is 28.0 Å². The lowest BCUT2D eigenvalue weighted by Gasteiger charge is -2.07. The van der Waals surface area contributed by atoms with Gasteiger partial charge in [-0.2, -0.15) is 5.10 Å². The van der Waals surface area contributed by atoms with Crippen molar-refractivity contribution in [1.82, 2.24) is 15.2 Å². The number of rotatable bonds is 14. The Kier molecular flexibility index (Phi) is 10.9. The van der Waals surface area contributed by atoms with Crippen LogP contribution in [0.3, 0.4) is 0 Å². The topological polar surface area (TPSA) is 47.9 Å². The highest BCUT2D eigenvalue weighted by Gasteiger charge is 2.03. The fourth-order valence-corrected chi connectivity index (χ4v) is 3.33. The summed E-state index contributed by atoms with van der Waals surface area (Å²) in [6.07, 6.45) is 17.1. The maximum atomic E-state index is 5.86. The van der Waals surface area contributed by atoms with Gasteiger partial charge in [-0.1, -0.05) is 76.5 Å². The molecule has 0 spiro atoms. The second-order valence-corrected chi connectivity index (χ2v) is 7.66. The molecule has 1 aromatic heterocycles. The normalized spacial score (nSPS) is 10.9. The number of ether oxygens (including phenoxy) is 1. The van der Waals surface area contributed by atoms with Crippen molar-refractivity contribution < 1.29 is 4.74 Å². The van der Waals surface area contributed by atoms with Gasteiger partial charge in [-0.05, 0) is 36.9 Å². The van der Waals surface area contributed by atoms with Crippen molar-refractivity contribution in [3.63, 3.8) is 0 Å². The minimum Gasteiger partial charge on any atom is -0.494 e. The fourth-order valence-electron chi connectivity index (χ4n) is 3.01. The van der Waals surface area contributed by atoms with Gasteiger partial charge in [0.2, 0.25) is 5.16 Å². The van der Waals surface area contributed by atoms with Gasteiger partial charge in [-0.25, -0.2) is 4.98 Å².